The molecule has 0 saturated carbocycles. The summed E-state index contributed by atoms with van der Waals surface area (Å²) in [7, 11) is 0. The Balaban J connectivity index is 4.40. The van der Waals surface area contributed by atoms with Crippen molar-refractivity contribution in [2.24, 2.45) is 0 Å². The van der Waals surface area contributed by atoms with Gasteiger partial charge in [0.1, 0.15) is 0 Å². The van der Waals surface area contributed by atoms with Gasteiger partial charge in [0, 0.05) is 0 Å². The van der Waals surface area contributed by atoms with Crippen molar-refractivity contribution < 1.29 is 30.7 Å². The third-order valence-electron chi connectivity index (χ3n) is 0.593. The number of halogens is 7. The van der Waals surface area contributed by atoms with Crippen LogP contribution in [0.2, 0.25) is 0 Å². The fraction of sp³-hybridized carbons (Fsp3) is 0.667. The highest BCUT2D eigenvalue weighted by atomic mass is 19.4. The van der Waals surface area contributed by atoms with Gasteiger partial charge in [-0.05, 0) is 0 Å². The summed E-state index contributed by atoms with van der Waals surface area (Å²) in [4.78, 5) is 0. The summed E-state index contributed by atoms with van der Waals surface area (Å²) in [5.41, 5.74) is 0. The number of alkyl halides is 5. The molecule has 10 heavy (non-hydrogen) atoms. The Kier molecular flexibility index (Phi) is 2.17. The number of rotatable bonds is 1. The highest BCUT2D eigenvalue weighted by Crippen LogP contribution is 2.43. The van der Waals surface area contributed by atoms with Crippen molar-refractivity contribution in [3.05, 3.63) is 6.43 Å². The van der Waals surface area contributed by atoms with Crippen molar-refractivity contribution in [2.75, 3.05) is 0 Å². The third kappa shape index (κ3) is 1.51. The molecule has 0 aliphatic carbocycles. The van der Waals surface area contributed by atoms with Crippen molar-refractivity contribution >= 4 is 0 Å². The van der Waals surface area contributed by atoms with Crippen LogP contribution in [0.25, 0.3) is 0 Å². The molecule has 0 spiro atoms. The zero-order valence-corrected chi connectivity index (χ0v) is 4.15. The van der Waals surface area contributed by atoms with E-state index >= 15 is 0 Å². The number of hydrogen-bond acceptors (Lipinski definition) is 0. The van der Waals surface area contributed by atoms with Gasteiger partial charge in [0.2, 0.25) is 0 Å². The van der Waals surface area contributed by atoms with Crippen LogP contribution in [0, 0.1) is 6.43 Å². The topological polar surface area (TPSA) is 0 Å². The molecule has 0 heterocycles. The van der Waals surface area contributed by atoms with Crippen LogP contribution in [-0.2, 0) is 0 Å². The van der Waals surface area contributed by atoms with Crippen molar-refractivity contribution in [3.8, 4) is 0 Å². The molecule has 0 aromatic carbocycles. The summed E-state index contributed by atoms with van der Waals surface area (Å²) in [6.07, 6.45) is -10.1. The second-order valence-electron chi connectivity index (χ2n) is 1.33. The van der Waals surface area contributed by atoms with Gasteiger partial charge in [-0.15, -0.1) is 0 Å². The molecule has 0 fully saturated rings. The largest absolute Gasteiger partial charge is 0.427 e. The highest BCUT2D eigenvalue weighted by molar-refractivity contribution is 4.89. The Morgan fingerprint density at radius 3 is 1.10 bits per heavy atom. The van der Waals surface area contributed by atoms with E-state index in [1.807, 2.05) is 0 Å². The summed E-state index contributed by atoms with van der Waals surface area (Å²) in [5.74, 6) is -5.98. The maximum absolute atomic E-state index is 11.1. The van der Waals surface area contributed by atoms with E-state index in [2.05, 4.69) is 0 Å². The molecule has 0 aromatic heterocycles. The van der Waals surface area contributed by atoms with Gasteiger partial charge in [0.15, 0.2) is 0 Å². The molecule has 0 rings (SSSR count). The van der Waals surface area contributed by atoms with Gasteiger partial charge in [-0.25, -0.2) is 8.78 Å². The van der Waals surface area contributed by atoms with E-state index in [0.29, 0.717) is 0 Å². The Hall–Kier alpha value is -0.490. The summed E-state index contributed by atoms with van der Waals surface area (Å²) in [6, 6.07) is 0. The lowest BCUT2D eigenvalue weighted by molar-refractivity contribution is -0.294. The minimum absolute atomic E-state index is 3.94. The lowest BCUT2D eigenvalue weighted by Gasteiger charge is -2.27. The molecule has 0 radical (unpaired) electrons. The zero-order chi connectivity index (χ0) is 8.58. The normalized spacial score (nSPS) is 14.4. The van der Waals surface area contributed by atoms with E-state index in [-0.39, 0.29) is 0 Å². The molecular formula is C3F7-. The van der Waals surface area contributed by atoms with E-state index in [1.165, 1.54) is 0 Å². The van der Waals surface area contributed by atoms with Gasteiger partial charge in [0.05, 0.1) is 6.43 Å². The average molecular weight is 169 g/mol. The Labute approximate surface area is 50.6 Å². The first kappa shape index (κ1) is 9.51. The monoisotopic (exact) mass is 169 g/mol. The molecule has 0 atom stereocenters. The van der Waals surface area contributed by atoms with Crippen LogP contribution in [0.1, 0.15) is 0 Å². The number of hydrogen-bond donors (Lipinski definition) is 0. The molecule has 62 valence electrons. The molecule has 0 unspecified atom stereocenters. The second-order valence-corrected chi connectivity index (χ2v) is 1.33. The Bertz CT molecular complexity index is 111. The smallest absolute Gasteiger partial charge is 0.415 e. The molecule has 0 aromatic rings. The first-order valence-corrected chi connectivity index (χ1v) is 1.82. The van der Waals surface area contributed by atoms with Crippen LogP contribution in [0.4, 0.5) is 30.7 Å². The lowest BCUT2D eigenvalue weighted by atomic mass is 10.3. The average Bonchev–Trinajstić information content (AvgIpc) is 1.62. The van der Waals surface area contributed by atoms with Crippen LogP contribution in [0.3, 0.4) is 0 Å². The zero-order valence-electron chi connectivity index (χ0n) is 4.15. The SMILES string of the molecule is F[C-](F)C(F)(F)C(F)(F)F. The summed E-state index contributed by atoms with van der Waals surface area (Å²) < 4.78 is 76.3. The fourth-order valence-electron chi connectivity index (χ4n) is 0.107. The molecule has 0 amide bonds. The third-order valence-corrected chi connectivity index (χ3v) is 0.593. The maximum atomic E-state index is 11.1. The summed E-state index contributed by atoms with van der Waals surface area (Å²) in [5, 5.41) is 0. The van der Waals surface area contributed by atoms with Gasteiger partial charge >= 0.3 is 6.18 Å². The van der Waals surface area contributed by atoms with Crippen molar-refractivity contribution in [2.45, 2.75) is 12.1 Å². The van der Waals surface area contributed by atoms with Crippen LogP contribution in [0.5, 0.6) is 0 Å². The molecular weight excluding hydrogens is 169 g/mol. The van der Waals surface area contributed by atoms with E-state index < -0.39 is 18.5 Å². The van der Waals surface area contributed by atoms with E-state index in [4.69, 9.17) is 0 Å². The molecule has 0 aliphatic heterocycles. The maximum Gasteiger partial charge on any atom is 0.427 e. The van der Waals surface area contributed by atoms with Crippen LogP contribution in [-0.4, -0.2) is 12.1 Å². The van der Waals surface area contributed by atoms with Crippen LogP contribution >= 0.6 is 0 Å². The van der Waals surface area contributed by atoms with Gasteiger partial charge in [0.25, 0.3) is 5.92 Å². The highest BCUT2D eigenvalue weighted by Gasteiger charge is 2.55. The van der Waals surface area contributed by atoms with Crippen molar-refractivity contribution in [3.63, 3.8) is 0 Å². The molecule has 0 aliphatic rings. The first-order valence-electron chi connectivity index (χ1n) is 1.82. The lowest BCUT2D eigenvalue weighted by Crippen LogP contribution is -2.39. The standard InChI is InChI=1S/C3F7/c4-1(5)2(6,7)3(8,9)10/q-1. The quantitative estimate of drug-likeness (QED) is 0.418. The van der Waals surface area contributed by atoms with Gasteiger partial charge < -0.3 is 8.78 Å². The molecule has 0 N–H and O–H groups in total. The van der Waals surface area contributed by atoms with Gasteiger partial charge in [-0.3, -0.25) is 0 Å². The van der Waals surface area contributed by atoms with Crippen LogP contribution < -0.4 is 0 Å². The van der Waals surface area contributed by atoms with E-state index in [9.17, 15) is 30.7 Å². The first-order chi connectivity index (χ1) is 4.19. The summed E-state index contributed by atoms with van der Waals surface area (Å²) in [6.45, 7) is 0. The molecule has 7 heteroatoms. The molecule has 0 bridgehead atoms. The molecule has 0 saturated heterocycles. The predicted octanol–water partition coefficient (Wildman–Crippen LogP) is 2.61. The second kappa shape index (κ2) is 2.28. The molecule has 0 nitrogen and oxygen atoms in total. The summed E-state index contributed by atoms with van der Waals surface area (Å²) >= 11 is 0. The predicted molar refractivity (Wildman–Crippen MR) is 16.5 cm³/mol. The van der Waals surface area contributed by atoms with Crippen molar-refractivity contribution in [1.82, 2.24) is 0 Å². The minimum Gasteiger partial charge on any atom is -0.415 e. The Morgan fingerprint density at radius 2 is 1.10 bits per heavy atom. The Morgan fingerprint density at radius 1 is 0.800 bits per heavy atom. The van der Waals surface area contributed by atoms with Gasteiger partial charge in [-0.2, -0.15) is 13.2 Å². The van der Waals surface area contributed by atoms with Crippen molar-refractivity contribution in [1.29, 1.82) is 0 Å². The van der Waals surface area contributed by atoms with Crippen LogP contribution in [0.15, 0.2) is 0 Å². The minimum atomic E-state index is -6.20. The fourth-order valence-corrected chi connectivity index (χ4v) is 0.107. The van der Waals surface area contributed by atoms with E-state index in [0.717, 1.165) is 0 Å². The van der Waals surface area contributed by atoms with E-state index in [1.54, 1.807) is 0 Å². The van der Waals surface area contributed by atoms with Gasteiger partial charge in [-0.1, -0.05) is 0 Å².